The second kappa shape index (κ2) is 13.1. The van der Waals surface area contributed by atoms with Crippen LogP contribution < -0.4 is 16.4 Å². The Bertz CT molecular complexity index is 300. The lowest BCUT2D eigenvalue weighted by Gasteiger charge is -2.06. The van der Waals surface area contributed by atoms with Crippen molar-refractivity contribution in [3.05, 3.63) is 35.9 Å². The molecule has 1 rings (SSSR count). The number of benzene rings is 1. The lowest BCUT2D eigenvalue weighted by molar-refractivity contribution is 0.555. The van der Waals surface area contributed by atoms with E-state index in [9.17, 15) is 0 Å². The van der Waals surface area contributed by atoms with Crippen molar-refractivity contribution >= 4 is 0 Å². The Labute approximate surface area is 124 Å². The van der Waals surface area contributed by atoms with Crippen LogP contribution >= 0.6 is 0 Å². The molecule has 0 fully saturated rings. The van der Waals surface area contributed by atoms with Crippen LogP contribution in [0.25, 0.3) is 0 Å². The maximum absolute atomic E-state index is 5.46. The summed E-state index contributed by atoms with van der Waals surface area (Å²) in [5.74, 6) is 0. The number of hydrogen-bond acceptors (Lipinski definition) is 3. The van der Waals surface area contributed by atoms with Crippen LogP contribution in [0.15, 0.2) is 30.3 Å². The second-order valence-electron chi connectivity index (χ2n) is 5.32. The van der Waals surface area contributed by atoms with Crippen molar-refractivity contribution in [3.63, 3.8) is 0 Å². The van der Waals surface area contributed by atoms with E-state index in [1.54, 1.807) is 0 Å². The minimum absolute atomic E-state index is 0.829. The normalized spacial score (nSPS) is 10.8. The first kappa shape index (κ1) is 17.2. The van der Waals surface area contributed by atoms with Crippen LogP contribution in [0.5, 0.6) is 0 Å². The first-order chi connectivity index (χ1) is 9.93. The topological polar surface area (TPSA) is 50.1 Å². The molecule has 0 atom stereocenters. The predicted molar refractivity (Wildman–Crippen MR) is 87.8 cm³/mol. The summed E-state index contributed by atoms with van der Waals surface area (Å²) < 4.78 is 0. The summed E-state index contributed by atoms with van der Waals surface area (Å²) in [5, 5.41) is 6.99. The average molecular weight is 277 g/mol. The summed E-state index contributed by atoms with van der Waals surface area (Å²) in [4.78, 5) is 0. The van der Waals surface area contributed by atoms with Gasteiger partial charge in [0.15, 0.2) is 0 Å². The minimum Gasteiger partial charge on any atom is -0.330 e. The minimum atomic E-state index is 0.829. The van der Waals surface area contributed by atoms with Crippen LogP contribution in [0.4, 0.5) is 0 Å². The maximum atomic E-state index is 5.46. The third-order valence-corrected chi connectivity index (χ3v) is 3.44. The molecule has 1 aromatic rings. The van der Waals surface area contributed by atoms with Gasteiger partial charge in [-0.15, -0.1) is 0 Å². The van der Waals surface area contributed by atoms with Gasteiger partial charge in [-0.3, -0.25) is 0 Å². The fourth-order valence-electron chi connectivity index (χ4n) is 2.20. The highest BCUT2D eigenvalue weighted by Gasteiger charge is 1.93. The number of nitrogens with one attached hydrogen (secondary N) is 2. The van der Waals surface area contributed by atoms with E-state index >= 15 is 0 Å². The Morgan fingerprint density at radius 3 is 1.95 bits per heavy atom. The Kier molecular flexibility index (Phi) is 11.2. The monoisotopic (exact) mass is 277 g/mol. The van der Waals surface area contributed by atoms with Crippen molar-refractivity contribution in [2.24, 2.45) is 5.73 Å². The van der Waals surface area contributed by atoms with Gasteiger partial charge >= 0.3 is 0 Å². The van der Waals surface area contributed by atoms with Crippen LogP contribution in [0.2, 0.25) is 0 Å². The van der Waals surface area contributed by atoms with Crippen molar-refractivity contribution in [3.8, 4) is 0 Å². The summed E-state index contributed by atoms with van der Waals surface area (Å²) in [6.45, 7) is 5.23. The largest absolute Gasteiger partial charge is 0.330 e. The predicted octanol–water partition coefficient (Wildman–Crippen LogP) is 2.67. The number of hydrogen-bond donors (Lipinski definition) is 3. The molecule has 0 radical (unpaired) electrons. The van der Waals surface area contributed by atoms with Gasteiger partial charge in [0.2, 0.25) is 0 Å². The van der Waals surface area contributed by atoms with Gasteiger partial charge in [-0.2, -0.15) is 0 Å². The molecule has 3 heteroatoms. The highest BCUT2D eigenvalue weighted by molar-refractivity contribution is 5.14. The SMILES string of the molecule is NCCCCCNCCCCCNCc1ccccc1. The number of unbranched alkanes of at least 4 members (excludes halogenated alkanes) is 4. The van der Waals surface area contributed by atoms with E-state index in [0.717, 1.165) is 39.1 Å². The molecule has 0 saturated heterocycles. The lowest BCUT2D eigenvalue weighted by atomic mass is 10.2. The van der Waals surface area contributed by atoms with Crippen LogP contribution in [0.1, 0.15) is 44.1 Å². The van der Waals surface area contributed by atoms with Gasteiger partial charge in [0.1, 0.15) is 0 Å². The summed E-state index contributed by atoms with van der Waals surface area (Å²) in [7, 11) is 0. The second-order valence-corrected chi connectivity index (χ2v) is 5.32. The van der Waals surface area contributed by atoms with Crippen molar-refractivity contribution in [2.45, 2.75) is 45.1 Å². The van der Waals surface area contributed by atoms with Gasteiger partial charge in [-0.1, -0.05) is 43.2 Å². The molecule has 0 unspecified atom stereocenters. The molecule has 114 valence electrons. The van der Waals surface area contributed by atoms with Crippen molar-refractivity contribution in [2.75, 3.05) is 26.2 Å². The molecule has 0 aromatic heterocycles. The van der Waals surface area contributed by atoms with E-state index in [-0.39, 0.29) is 0 Å². The van der Waals surface area contributed by atoms with Crippen molar-refractivity contribution in [1.82, 2.24) is 10.6 Å². The molecule has 0 amide bonds. The molecule has 0 bridgehead atoms. The van der Waals surface area contributed by atoms with Crippen LogP contribution in [0, 0.1) is 0 Å². The third-order valence-electron chi connectivity index (χ3n) is 3.44. The maximum Gasteiger partial charge on any atom is 0.0205 e. The first-order valence-corrected chi connectivity index (χ1v) is 8.09. The van der Waals surface area contributed by atoms with Crippen molar-refractivity contribution in [1.29, 1.82) is 0 Å². The quantitative estimate of drug-likeness (QED) is 0.486. The zero-order valence-electron chi connectivity index (χ0n) is 12.7. The summed E-state index contributed by atoms with van der Waals surface area (Å²) in [5.41, 5.74) is 6.83. The van der Waals surface area contributed by atoms with Gasteiger partial charge in [-0.05, 0) is 57.4 Å². The molecule has 0 saturated carbocycles. The van der Waals surface area contributed by atoms with Gasteiger partial charge in [0, 0.05) is 6.54 Å². The zero-order valence-corrected chi connectivity index (χ0v) is 12.7. The van der Waals surface area contributed by atoms with E-state index in [0.29, 0.717) is 0 Å². The Hall–Kier alpha value is -0.900. The fraction of sp³-hybridized carbons (Fsp3) is 0.647. The lowest BCUT2D eigenvalue weighted by Crippen LogP contribution is -2.18. The molecular formula is C17H31N3. The van der Waals surface area contributed by atoms with Gasteiger partial charge < -0.3 is 16.4 Å². The highest BCUT2D eigenvalue weighted by atomic mass is 14.9. The average Bonchev–Trinajstić information content (AvgIpc) is 2.49. The van der Waals surface area contributed by atoms with E-state index in [2.05, 4.69) is 41.0 Å². The first-order valence-electron chi connectivity index (χ1n) is 8.09. The van der Waals surface area contributed by atoms with Gasteiger partial charge in [-0.25, -0.2) is 0 Å². The molecule has 0 aliphatic carbocycles. The molecule has 20 heavy (non-hydrogen) atoms. The molecule has 0 aliphatic rings. The smallest absolute Gasteiger partial charge is 0.0205 e. The van der Waals surface area contributed by atoms with E-state index in [1.807, 2.05) is 0 Å². The highest BCUT2D eigenvalue weighted by Crippen LogP contribution is 1.98. The van der Waals surface area contributed by atoms with Crippen molar-refractivity contribution < 1.29 is 0 Å². The molecule has 4 N–H and O–H groups in total. The molecule has 0 spiro atoms. The molecular weight excluding hydrogens is 246 g/mol. The van der Waals surface area contributed by atoms with Gasteiger partial charge in [0.25, 0.3) is 0 Å². The molecule has 0 aliphatic heterocycles. The van der Waals surface area contributed by atoms with E-state index in [4.69, 9.17) is 5.73 Å². The van der Waals surface area contributed by atoms with E-state index < -0.39 is 0 Å². The van der Waals surface area contributed by atoms with Gasteiger partial charge in [0.05, 0.1) is 0 Å². The number of nitrogens with two attached hydrogens (primary N) is 1. The summed E-state index contributed by atoms with van der Waals surface area (Å²) in [6.07, 6.45) is 7.53. The molecule has 0 heterocycles. The summed E-state index contributed by atoms with van der Waals surface area (Å²) in [6, 6.07) is 10.6. The fourth-order valence-corrected chi connectivity index (χ4v) is 2.20. The Morgan fingerprint density at radius 1 is 0.700 bits per heavy atom. The van der Waals surface area contributed by atoms with Crippen LogP contribution in [-0.4, -0.2) is 26.2 Å². The van der Waals surface area contributed by atoms with Crippen LogP contribution in [0.3, 0.4) is 0 Å². The zero-order chi connectivity index (χ0) is 14.3. The number of rotatable bonds is 13. The standard InChI is InChI=1S/C17H31N3/c18-12-6-2-7-13-19-14-8-3-9-15-20-16-17-10-4-1-5-11-17/h1,4-5,10-11,19-20H,2-3,6-9,12-16,18H2. The Morgan fingerprint density at radius 2 is 1.30 bits per heavy atom. The summed E-state index contributed by atoms with van der Waals surface area (Å²) >= 11 is 0. The van der Waals surface area contributed by atoms with E-state index in [1.165, 1.54) is 37.7 Å². The molecule has 3 nitrogen and oxygen atoms in total. The third kappa shape index (κ3) is 9.96. The molecule has 1 aromatic carbocycles. The Balaban J connectivity index is 1.77. The van der Waals surface area contributed by atoms with Crippen LogP contribution in [-0.2, 0) is 6.54 Å².